The van der Waals surface area contributed by atoms with Gasteiger partial charge in [-0.25, -0.2) is 12.8 Å². The van der Waals surface area contributed by atoms with Crippen LogP contribution in [0.25, 0.3) is 11.4 Å². The van der Waals surface area contributed by atoms with Crippen LogP contribution in [0.15, 0.2) is 47.0 Å². The highest BCUT2D eigenvalue weighted by molar-refractivity contribution is 7.88. The zero-order chi connectivity index (χ0) is 21.0. The summed E-state index contributed by atoms with van der Waals surface area (Å²) in [5.74, 6) is -0.0947. The Bertz CT molecular complexity index is 1070. The topological polar surface area (TPSA) is 85.5 Å². The van der Waals surface area contributed by atoms with E-state index in [0.717, 1.165) is 16.1 Å². The fraction of sp³-hybridized carbons (Fsp3) is 0.263. The first-order chi connectivity index (χ1) is 13.8. The van der Waals surface area contributed by atoms with Crippen LogP contribution in [0.5, 0.6) is 5.75 Å². The van der Waals surface area contributed by atoms with Crippen molar-refractivity contribution in [3.8, 4) is 17.1 Å². The van der Waals surface area contributed by atoms with E-state index in [1.165, 1.54) is 19.2 Å². The monoisotopic (exact) mass is 439 g/mol. The van der Waals surface area contributed by atoms with Gasteiger partial charge >= 0.3 is 0 Å². The van der Waals surface area contributed by atoms with Gasteiger partial charge in [0.2, 0.25) is 21.7 Å². The van der Waals surface area contributed by atoms with Gasteiger partial charge in [-0.15, -0.1) is 0 Å². The minimum atomic E-state index is -3.86. The molecule has 0 aliphatic heterocycles. The Morgan fingerprint density at radius 1 is 1.21 bits per heavy atom. The van der Waals surface area contributed by atoms with Gasteiger partial charge in [0.15, 0.2) is 0 Å². The quantitative estimate of drug-likeness (QED) is 0.529. The van der Waals surface area contributed by atoms with Crippen molar-refractivity contribution in [3.05, 3.63) is 64.8 Å². The molecule has 0 spiro atoms. The molecule has 0 aliphatic carbocycles. The van der Waals surface area contributed by atoms with Crippen LogP contribution in [-0.4, -0.2) is 36.5 Å². The molecule has 0 fully saturated rings. The molecule has 1 heterocycles. The largest absolute Gasteiger partial charge is 0.494 e. The van der Waals surface area contributed by atoms with Crippen molar-refractivity contribution in [2.24, 2.45) is 0 Å². The third-order valence-corrected chi connectivity index (χ3v) is 6.20. The second-order valence-corrected chi connectivity index (χ2v) is 8.66. The summed E-state index contributed by atoms with van der Waals surface area (Å²) in [5.41, 5.74) is 0.619. The highest BCUT2D eigenvalue weighted by Crippen LogP contribution is 2.24. The Labute approximate surface area is 173 Å². The Hall–Kier alpha value is -2.49. The third kappa shape index (κ3) is 5.11. The first-order valence-electron chi connectivity index (χ1n) is 8.73. The van der Waals surface area contributed by atoms with E-state index in [9.17, 15) is 12.8 Å². The Morgan fingerprint density at radius 3 is 2.59 bits per heavy atom. The molecule has 0 atom stereocenters. The van der Waals surface area contributed by atoms with Crippen LogP contribution in [-0.2, 0) is 22.3 Å². The second-order valence-electron chi connectivity index (χ2n) is 6.18. The van der Waals surface area contributed by atoms with Crippen LogP contribution in [0.1, 0.15) is 18.4 Å². The third-order valence-electron chi connectivity index (χ3n) is 4.11. The van der Waals surface area contributed by atoms with Crippen molar-refractivity contribution < 1.29 is 22.1 Å². The SMILES string of the molecule is CCOc1ccc(-c2noc(CN(C)S(=O)(=O)Cc3c(F)cccc3Cl)n2)cc1. The molecule has 0 unspecified atom stereocenters. The molecular formula is C19H19ClFN3O4S. The highest BCUT2D eigenvalue weighted by atomic mass is 35.5. The van der Waals surface area contributed by atoms with Gasteiger partial charge in [0.1, 0.15) is 11.6 Å². The molecule has 1 aromatic heterocycles. The number of rotatable bonds is 8. The van der Waals surface area contributed by atoms with E-state index in [1.807, 2.05) is 6.92 Å². The second kappa shape index (κ2) is 8.89. The molecule has 10 heteroatoms. The maximum atomic E-state index is 13.9. The molecule has 7 nitrogen and oxygen atoms in total. The number of sulfonamides is 1. The number of hydrogen-bond acceptors (Lipinski definition) is 6. The Kier molecular flexibility index (Phi) is 6.51. The van der Waals surface area contributed by atoms with E-state index < -0.39 is 21.6 Å². The van der Waals surface area contributed by atoms with Gasteiger partial charge in [-0.05, 0) is 43.3 Å². The molecule has 0 N–H and O–H groups in total. The fourth-order valence-electron chi connectivity index (χ4n) is 2.55. The molecular weight excluding hydrogens is 421 g/mol. The van der Waals surface area contributed by atoms with Gasteiger partial charge < -0.3 is 9.26 Å². The van der Waals surface area contributed by atoms with Crippen molar-refractivity contribution in [2.75, 3.05) is 13.7 Å². The molecule has 29 heavy (non-hydrogen) atoms. The van der Waals surface area contributed by atoms with E-state index in [4.69, 9.17) is 20.9 Å². The fourth-order valence-corrected chi connectivity index (χ4v) is 4.05. The smallest absolute Gasteiger partial charge is 0.242 e. The summed E-state index contributed by atoms with van der Waals surface area (Å²) in [6.07, 6.45) is 0. The van der Waals surface area contributed by atoms with Crippen molar-refractivity contribution in [2.45, 2.75) is 19.2 Å². The number of halogens is 2. The summed E-state index contributed by atoms with van der Waals surface area (Å²) in [6, 6.07) is 11.1. The molecule has 0 saturated carbocycles. The summed E-state index contributed by atoms with van der Waals surface area (Å²) in [4.78, 5) is 4.23. The summed E-state index contributed by atoms with van der Waals surface area (Å²) in [6.45, 7) is 2.30. The van der Waals surface area contributed by atoms with E-state index in [1.54, 1.807) is 24.3 Å². The van der Waals surface area contributed by atoms with Crippen LogP contribution in [0, 0.1) is 5.82 Å². The van der Waals surface area contributed by atoms with Crippen molar-refractivity contribution in [1.82, 2.24) is 14.4 Å². The average Bonchev–Trinajstić information content (AvgIpc) is 3.14. The summed E-state index contributed by atoms with van der Waals surface area (Å²) < 4.78 is 50.6. The van der Waals surface area contributed by atoms with Gasteiger partial charge in [0.25, 0.3) is 0 Å². The van der Waals surface area contributed by atoms with Gasteiger partial charge in [-0.1, -0.05) is 22.8 Å². The number of hydrogen-bond donors (Lipinski definition) is 0. The number of ether oxygens (including phenoxy) is 1. The van der Waals surface area contributed by atoms with Gasteiger partial charge in [0.05, 0.1) is 18.9 Å². The highest BCUT2D eigenvalue weighted by Gasteiger charge is 2.24. The lowest BCUT2D eigenvalue weighted by molar-refractivity contribution is 0.336. The van der Waals surface area contributed by atoms with Gasteiger partial charge in [0, 0.05) is 23.2 Å². The zero-order valence-electron chi connectivity index (χ0n) is 15.8. The normalized spacial score (nSPS) is 11.8. The molecule has 0 aliphatic rings. The lowest BCUT2D eigenvalue weighted by atomic mass is 10.2. The number of aromatic nitrogens is 2. The minimum absolute atomic E-state index is 0.0533. The molecule has 0 bridgehead atoms. The first kappa shape index (κ1) is 21.2. The maximum absolute atomic E-state index is 13.9. The molecule has 3 aromatic rings. The van der Waals surface area contributed by atoms with E-state index in [0.29, 0.717) is 18.0 Å². The minimum Gasteiger partial charge on any atom is -0.494 e. The predicted octanol–water partition coefficient (Wildman–Crippen LogP) is 3.89. The zero-order valence-corrected chi connectivity index (χ0v) is 17.4. The molecule has 0 amide bonds. The van der Waals surface area contributed by atoms with Crippen LogP contribution >= 0.6 is 11.6 Å². The van der Waals surface area contributed by atoms with Gasteiger partial charge in [-0.3, -0.25) is 0 Å². The predicted molar refractivity (Wildman–Crippen MR) is 106 cm³/mol. The maximum Gasteiger partial charge on any atom is 0.242 e. The van der Waals surface area contributed by atoms with Crippen LogP contribution in [0.2, 0.25) is 5.02 Å². The molecule has 154 valence electrons. The van der Waals surface area contributed by atoms with Crippen molar-refractivity contribution in [3.63, 3.8) is 0 Å². The Morgan fingerprint density at radius 2 is 1.93 bits per heavy atom. The molecule has 2 aromatic carbocycles. The van der Waals surface area contributed by atoms with E-state index in [-0.39, 0.29) is 23.0 Å². The summed E-state index contributed by atoms with van der Waals surface area (Å²) >= 11 is 5.93. The number of benzene rings is 2. The molecule has 0 radical (unpaired) electrons. The molecule has 3 rings (SSSR count). The van der Waals surface area contributed by atoms with Crippen molar-refractivity contribution in [1.29, 1.82) is 0 Å². The lowest BCUT2D eigenvalue weighted by Crippen LogP contribution is -2.28. The summed E-state index contributed by atoms with van der Waals surface area (Å²) in [7, 11) is -2.51. The van der Waals surface area contributed by atoms with Crippen molar-refractivity contribution >= 4 is 21.6 Å². The van der Waals surface area contributed by atoms with Crippen LogP contribution < -0.4 is 4.74 Å². The van der Waals surface area contributed by atoms with E-state index in [2.05, 4.69) is 10.1 Å². The summed E-state index contributed by atoms with van der Waals surface area (Å²) in [5, 5.41) is 3.93. The van der Waals surface area contributed by atoms with Gasteiger partial charge in [-0.2, -0.15) is 9.29 Å². The van der Waals surface area contributed by atoms with Crippen LogP contribution in [0.4, 0.5) is 4.39 Å². The Balaban J connectivity index is 1.71. The standard InChI is InChI=1S/C19H19ClFN3O4S/c1-3-27-14-9-7-13(8-10-14)19-22-18(28-23-19)11-24(2)29(25,26)12-15-16(20)5-4-6-17(15)21/h4-10H,3,11-12H2,1-2H3. The van der Waals surface area contributed by atoms with Crippen LogP contribution in [0.3, 0.4) is 0 Å². The average molecular weight is 440 g/mol. The molecule has 0 saturated heterocycles. The van der Waals surface area contributed by atoms with E-state index >= 15 is 0 Å². The lowest BCUT2D eigenvalue weighted by Gasteiger charge is -2.16. The first-order valence-corrected chi connectivity index (χ1v) is 10.7. The number of nitrogens with zero attached hydrogens (tertiary/aromatic N) is 3.